The van der Waals surface area contributed by atoms with Crippen LogP contribution in [0.15, 0.2) is 29.3 Å². The van der Waals surface area contributed by atoms with E-state index < -0.39 is 24.0 Å². The molecule has 1 saturated heterocycles. The quantitative estimate of drug-likeness (QED) is 0.164. The summed E-state index contributed by atoms with van der Waals surface area (Å²) in [4.78, 5) is 45.0. The zero-order chi connectivity index (χ0) is 27.9. The molecule has 4 N–H and O–H groups in total. The maximum atomic E-state index is 11.4. The van der Waals surface area contributed by atoms with Crippen LogP contribution in [0.5, 0.6) is 5.75 Å². The molecule has 1 aliphatic heterocycles. The smallest absolute Gasteiger partial charge is 0.317 e. The Morgan fingerprint density at radius 1 is 0.795 bits per heavy atom. The van der Waals surface area contributed by atoms with Gasteiger partial charge >= 0.3 is 17.9 Å². The maximum Gasteiger partial charge on any atom is 0.317 e. The van der Waals surface area contributed by atoms with Gasteiger partial charge in [-0.15, -0.1) is 0 Å². The van der Waals surface area contributed by atoms with Crippen molar-refractivity contribution in [1.29, 1.82) is 0 Å². The number of β-amino-alcohol motifs (C(OH)–C–C–N with tert-alkyl or cyclic N) is 1. The average molecular weight is 711 g/mol. The number of benzene rings is 1. The molecule has 13 nitrogen and oxygen atoms in total. The standard InChI is InChI=1S/C24H35N5O8S.Gd/c30-20(17-37-21-3-1-19(2-4-21)25-18-38)13-26-5-7-27(14-22(31)32)9-11-29(16-24(35)36)12-10-28(8-6-26)15-23(33)34;/h1-4,20,30H,5-17H2,(H,31,32)(H,33,34)(H,35,36);. The van der Waals surface area contributed by atoms with Crippen LogP contribution in [0.1, 0.15) is 0 Å². The van der Waals surface area contributed by atoms with E-state index in [1.807, 2.05) is 4.90 Å². The summed E-state index contributed by atoms with van der Waals surface area (Å²) in [5.74, 6) is -2.44. The van der Waals surface area contributed by atoms with E-state index in [2.05, 4.69) is 22.4 Å². The van der Waals surface area contributed by atoms with Crippen molar-refractivity contribution in [2.75, 3.05) is 85.1 Å². The molecule has 0 saturated carbocycles. The number of hydrogen-bond acceptors (Lipinski definition) is 11. The van der Waals surface area contributed by atoms with E-state index in [9.17, 15) is 34.8 Å². The maximum absolute atomic E-state index is 11.4. The number of hydrogen-bond donors (Lipinski definition) is 4. The fourth-order valence-corrected chi connectivity index (χ4v) is 4.13. The van der Waals surface area contributed by atoms with Gasteiger partial charge in [-0.25, -0.2) is 0 Å². The van der Waals surface area contributed by atoms with Gasteiger partial charge in [0.1, 0.15) is 18.5 Å². The van der Waals surface area contributed by atoms with Crippen molar-refractivity contribution in [3.8, 4) is 5.75 Å². The topological polar surface area (TPSA) is 167 Å². The van der Waals surface area contributed by atoms with Crippen LogP contribution in [0.4, 0.5) is 5.69 Å². The Labute approximate surface area is 264 Å². The summed E-state index contributed by atoms with van der Waals surface area (Å²) in [5, 5.41) is 40.8. The number of aliphatic imine (C=N–C) groups is 1. The van der Waals surface area contributed by atoms with Crippen molar-refractivity contribution < 1.29 is 79.5 Å². The van der Waals surface area contributed by atoms with E-state index in [1.165, 1.54) is 0 Å². The predicted molar refractivity (Wildman–Crippen MR) is 141 cm³/mol. The summed E-state index contributed by atoms with van der Waals surface area (Å²) in [6.07, 6.45) is -0.853. The molecule has 0 spiro atoms. The van der Waals surface area contributed by atoms with Crippen molar-refractivity contribution in [3.05, 3.63) is 24.3 Å². The summed E-state index contributed by atoms with van der Waals surface area (Å²) in [5.41, 5.74) is 0.634. The van der Waals surface area contributed by atoms with Gasteiger partial charge in [-0.2, -0.15) is 4.99 Å². The summed E-state index contributed by atoms with van der Waals surface area (Å²) in [6.45, 7) is 2.56. The molecule has 1 aromatic carbocycles. The number of carbonyl (C=O) groups is 3. The predicted octanol–water partition coefficient (Wildman–Crippen LogP) is -0.364. The van der Waals surface area contributed by atoms with Gasteiger partial charge < -0.3 is 25.2 Å². The van der Waals surface area contributed by atoms with Gasteiger partial charge in [0.15, 0.2) is 0 Å². The normalized spacial score (nSPS) is 17.5. The fraction of sp³-hybridized carbons (Fsp3) is 0.583. The first-order valence-corrected chi connectivity index (χ1v) is 12.6. The van der Waals surface area contributed by atoms with Crippen LogP contribution >= 0.6 is 12.2 Å². The van der Waals surface area contributed by atoms with Crippen molar-refractivity contribution in [2.45, 2.75) is 6.10 Å². The number of aliphatic hydroxyl groups excluding tert-OH is 1. The van der Waals surface area contributed by atoms with E-state index in [0.29, 0.717) is 63.8 Å². The zero-order valence-electron chi connectivity index (χ0n) is 21.5. The second-order valence-corrected chi connectivity index (χ2v) is 9.15. The number of nitrogens with zero attached hydrogens (tertiary/aromatic N) is 5. The van der Waals surface area contributed by atoms with E-state index in [4.69, 9.17) is 4.74 Å². The van der Waals surface area contributed by atoms with E-state index >= 15 is 0 Å². The third-order valence-electron chi connectivity index (χ3n) is 5.93. The fourth-order valence-electron chi connectivity index (χ4n) is 4.02. The van der Waals surface area contributed by atoms with Gasteiger partial charge in [0.2, 0.25) is 0 Å². The van der Waals surface area contributed by atoms with Crippen LogP contribution in [0, 0.1) is 39.9 Å². The number of aliphatic hydroxyl groups is 1. The number of aliphatic carboxylic acids is 3. The first kappa shape index (κ1) is 35.4. The molecule has 39 heavy (non-hydrogen) atoms. The van der Waals surface area contributed by atoms with Gasteiger partial charge in [0.05, 0.1) is 30.5 Å². The molecule has 0 bridgehead atoms. The minimum atomic E-state index is -1.01. The molecule has 0 radical (unpaired) electrons. The Kier molecular flexibility index (Phi) is 17.6. The molecule has 1 unspecified atom stereocenters. The Balaban J connectivity index is 0.00000760. The molecular formula is C24H35GdN5O8S. The first-order valence-electron chi connectivity index (χ1n) is 12.2. The number of rotatable bonds is 12. The minimum absolute atomic E-state index is 0. The number of isothiocyanates is 1. The van der Waals surface area contributed by atoms with Crippen LogP contribution in [-0.2, 0) is 14.4 Å². The van der Waals surface area contributed by atoms with Crippen LogP contribution in [0.3, 0.4) is 0 Å². The Hall–Kier alpha value is -1.65. The van der Waals surface area contributed by atoms with Gasteiger partial charge in [-0.05, 0) is 36.5 Å². The Morgan fingerprint density at radius 3 is 1.54 bits per heavy atom. The third kappa shape index (κ3) is 15.7. The van der Waals surface area contributed by atoms with Gasteiger partial charge in [0.25, 0.3) is 0 Å². The van der Waals surface area contributed by atoms with E-state index in [0.717, 1.165) is 0 Å². The summed E-state index contributed by atoms with van der Waals surface area (Å²) < 4.78 is 5.68. The molecule has 218 valence electrons. The average Bonchev–Trinajstić information content (AvgIpc) is 2.84. The van der Waals surface area contributed by atoms with Crippen molar-refractivity contribution in [2.24, 2.45) is 4.99 Å². The molecule has 1 aromatic rings. The SMILES string of the molecule is O=C(O)CN1CCN(CC(=O)O)CCN(CC(O)COc2ccc(N=C=S)cc2)CCN(CC(=O)O)CC1.[Gd]. The third-order valence-corrected chi connectivity index (χ3v) is 6.02. The van der Waals surface area contributed by atoms with Gasteiger partial charge in [0, 0.05) is 98.8 Å². The van der Waals surface area contributed by atoms with Crippen molar-refractivity contribution in [1.82, 2.24) is 19.6 Å². The Bertz CT molecular complexity index is 934. The van der Waals surface area contributed by atoms with Crippen LogP contribution in [0.25, 0.3) is 0 Å². The van der Waals surface area contributed by atoms with Crippen LogP contribution in [0.2, 0.25) is 0 Å². The number of thiocarbonyl (C=S) groups is 1. The van der Waals surface area contributed by atoms with Crippen LogP contribution < -0.4 is 4.74 Å². The molecule has 1 heterocycles. The largest absolute Gasteiger partial charge is 0.491 e. The molecule has 1 aliphatic rings. The number of carboxylic acids is 3. The van der Waals surface area contributed by atoms with E-state index in [-0.39, 0.29) is 72.7 Å². The monoisotopic (exact) mass is 711 g/mol. The summed E-state index contributed by atoms with van der Waals surface area (Å²) >= 11 is 4.58. The molecule has 0 aromatic heterocycles. The molecule has 2 rings (SSSR count). The van der Waals surface area contributed by atoms with Gasteiger partial charge in [-0.3, -0.25) is 34.0 Å². The van der Waals surface area contributed by atoms with E-state index in [1.54, 1.807) is 39.0 Å². The van der Waals surface area contributed by atoms with Crippen LogP contribution in [-0.4, -0.2) is 154 Å². The second kappa shape index (κ2) is 19.4. The molecule has 15 heteroatoms. The second-order valence-electron chi connectivity index (χ2n) is 8.97. The number of ether oxygens (including phenoxy) is 1. The van der Waals surface area contributed by atoms with Crippen molar-refractivity contribution in [3.63, 3.8) is 0 Å². The summed E-state index contributed by atoms with van der Waals surface area (Å²) in [7, 11) is 0. The first-order chi connectivity index (χ1) is 18.1. The zero-order valence-corrected chi connectivity index (χ0v) is 24.6. The molecular weight excluding hydrogens is 676 g/mol. The molecule has 0 aliphatic carbocycles. The molecule has 1 fully saturated rings. The Morgan fingerprint density at radius 2 is 1.18 bits per heavy atom. The minimum Gasteiger partial charge on any atom is -0.491 e. The van der Waals surface area contributed by atoms with Crippen molar-refractivity contribution >= 4 is 41.0 Å². The summed E-state index contributed by atoms with van der Waals surface area (Å²) in [6, 6.07) is 6.83. The molecule has 0 amide bonds. The molecule has 1 atom stereocenters. The number of carboxylic acid groups (broad SMARTS) is 3. The van der Waals surface area contributed by atoms with Gasteiger partial charge in [-0.1, -0.05) is 0 Å².